The number of nitrogens with one attached hydrogen (secondary N) is 1. The predicted octanol–water partition coefficient (Wildman–Crippen LogP) is 3.32. The minimum atomic E-state index is -0.216. The Morgan fingerprint density at radius 3 is 2.48 bits per heavy atom. The van der Waals surface area contributed by atoms with Crippen molar-refractivity contribution in [2.24, 2.45) is 4.99 Å². The number of methoxy groups -OCH3 is 1. The summed E-state index contributed by atoms with van der Waals surface area (Å²) in [5.74, 6) is 1.15. The number of aromatic amines is 1. The van der Waals surface area contributed by atoms with Crippen LogP contribution in [0.5, 0.6) is 11.6 Å². The Kier molecular flexibility index (Phi) is 4.99. The van der Waals surface area contributed by atoms with Crippen molar-refractivity contribution in [1.82, 2.24) is 9.78 Å². The quantitative estimate of drug-likeness (QED) is 0.702. The fraction of sp³-hybridized carbons (Fsp3) is 0.158. The van der Waals surface area contributed by atoms with Crippen LogP contribution in [0.2, 0.25) is 0 Å². The van der Waals surface area contributed by atoms with Gasteiger partial charge in [0.1, 0.15) is 11.3 Å². The molecule has 0 aliphatic heterocycles. The van der Waals surface area contributed by atoms with Crippen LogP contribution in [0.25, 0.3) is 5.69 Å². The lowest BCUT2D eigenvalue weighted by Crippen LogP contribution is -2.17. The molecule has 0 saturated heterocycles. The zero-order chi connectivity index (χ0) is 17.6. The molecule has 0 aliphatic rings. The summed E-state index contributed by atoms with van der Waals surface area (Å²) in [5.41, 5.74) is 1.61. The molecule has 0 atom stereocenters. The van der Waals surface area contributed by atoms with Gasteiger partial charge in [-0.2, -0.15) is 0 Å². The monoisotopic (exact) mass is 337 g/mol. The molecule has 1 aromatic heterocycles. The molecule has 128 valence electrons. The molecule has 25 heavy (non-hydrogen) atoms. The highest BCUT2D eigenvalue weighted by Gasteiger charge is 2.14. The van der Waals surface area contributed by atoms with Gasteiger partial charge >= 0.3 is 0 Å². The molecule has 0 unspecified atom stereocenters. The zero-order valence-corrected chi connectivity index (χ0v) is 14.1. The number of nitrogens with zero attached hydrogens (tertiary/aromatic N) is 2. The van der Waals surface area contributed by atoms with Gasteiger partial charge in [0.2, 0.25) is 5.88 Å². The molecule has 0 radical (unpaired) electrons. The molecule has 0 bridgehead atoms. The Bertz CT molecular complexity index is 909. The molecule has 3 aromatic rings. The van der Waals surface area contributed by atoms with E-state index in [1.807, 2.05) is 61.5 Å². The molecule has 0 amide bonds. The summed E-state index contributed by atoms with van der Waals surface area (Å²) in [5, 5.41) is 2.99. The van der Waals surface area contributed by atoms with Crippen molar-refractivity contribution < 1.29 is 9.47 Å². The van der Waals surface area contributed by atoms with E-state index < -0.39 is 0 Å². The Hall–Kier alpha value is -3.28. The second kappa shape index (κ2) is 7.53. The number of rotatable bonds is 6. The summed E-state index contributed by atoms with van der Waals surface area (Å²) in [6.45, 7) is 2.31. The first-order valence-corrected chi connectivity index (χ1v) is 7.94. The Balaban J connectivity index is 1.98. The van der Waals surface area contributed by atoms with Gasteiger partial charge in [-0.1, -0.05) is 18.2 Å². The standard InChI is InChI=1S/C19H19N3O3/c1-3-25-18-17(13-20-14-9-11-16(24-2)12-10-14)19(23)22(21-18)15-7-5-4-6-8-15/h4-13,21H,3H2,1-2H3. The van der Waals surface area contributed by atoms with Crippen molar-refractivity contribution >= 4 is 11.9 Å². The molecule has 0 spiro atoms. The van der Waals surface area contributed by atoms with E-state index in [0.29, 0.717) is 18.1 Å². The van der Waals surface area contributed by atoms with Gasteiger partial charge in [-0.15, -0.1) is 0 Å². The molecule has 3 rings (SSSR count). The lowest BCUT2D eigenvalue weighted by Gasteiger charge is -2.01. The van der Waals surface area contributed by atoms with Crippen LogP contribution in [0.1, 0.15) is 12.5 Å². The van der Waals surface area contributed by atoms with Crippen LogP contribution >= 0.6 is 0 Å². The van der Waals surface area contributed by atoms with Gasteiger partial charge in [0.05, 0.1) is 25.1 Å². The van der Waals surface area contributed by atoms with Crippen LogP contribution in [0.15, 0.2) is 64.4 Å². The van der Waals surface area contributed by atoms with Crippen LogP contribution in [-0.2, 0) is 0 Å². The van der Waals surface area contributed by atoms with Crippen LogP contribution in [0.4, 0.5) is 5.69 Å². The number of aliphatic imine (C=N–C) groups is 1. The second-order valence-electron chi connectivity index (χ2n) is 5.22. The molecule has 2 aromatic carbocycles. The summed E-state index contributed by atoms with van der Waals surface area (Å²) in [6, 6.07) is 16.6. The van der Waals surface area contributed by atoms with Crippen molar-refractivity contribution in [3.63, 3.8) is 0 Å². The van der Waals surface area contributed by atoms with Crippen LogP contribution < -0.4 is 15.0 Å². The Morgan fingerprint density at radius 1 is 1.12 bits per heavy atom. The number of hydrogen-bond donors (Lipinski definition) is 1. The van der Waals surface area contributed by atoms with Gasteiger partial charge in [-0.05, 0) is 43.3 Å². The van der Waals surface area contributed by atoms with E-state index in [0.717, 1.165) is 17.1 Å². The lowest BCUT2D eigenvalue weighted by molar-refractivity contribution is 0.324. The Labute approximate surface area is 145 Å². The Morgan fingerprint density at radius 2 is 1.84 bits per heavy atom. The third kappa shape index (κ3) is 3.63. The highest BCUT2D eigenvalue weighted by atomic mass is 16.5. The smallest absolute Gasteiger partial charge is 0.284 e. The van der Waals surface area contributed by atoms with Gasteiger partial charge in [0.15, 0.2) is 0 Å². The van der Waals surface area contributed by atoms with E-state index in [4.69, 9.17) is 9.47 Å². The third-order valence-electron chi connectivity index (χ3n) is 3.61. The fourth-order valence-electron chi connectivity index (χ4n) is 2.36. The van der Waals surface area contributed by atoms with Crippen molar-refractivity contribution in [3.8, 4) is 17.3 Å². The third-order valence-corrected chi connectivity index (χ3v) is 3.61. The van der Waals surface area contributed by atoms with Gasteiger partial charge in [-0.3, -0.25) is 14.9 Å². The normalized spacial score (nSPS) is 11.0. The van der Waals surface area contributed by atoms with Gasteiger partial charge in [0, 0.05) is 6.21 Å². The van der Waals surface area contributed by atoms with Crippen molar-refractivity contribution in [3.05, 3.63) is 70.5 Å². The fourth-order valence-corrected chi connectivity index (χ4v) is 2.36. The van der Waals surface area contributed by atoms with E-state index in [1.54, 1.807) is 7.11 Å². The summed E-state index contributed by atoms with van der Waals surface area (Å²) < 4.78 is 12.1. The maximum atomic E-state index is 12.7. The number of H-pyrrole nitrogens is 1. The first-order chi connectivity index (χ1) is 12.2. The van der Waals surface area contributed by atoms with Crippen LogP contribution in [0.3, 0.4) is 0 Å². The molecular weight excluding hydrogens is 318 g/mol. The van der Waals surface area contributed by atoms with Crippen molar-refractivity contribution in [2.45, 2.75) is 6.92 Å². The molecular formula is C19H19N3O3. The number of para-hydroxylation sites is 1. The van der Waals surface area contributed by atoms with E-state index in [9.17, 15) is 4.79 Å². The molecule has 6 heteroatoms. The molecule has 6 nitrogen and oxygen atoms in total. The first-order valence-electron chi connectivity index (χ1n) is 7.94. The van der Waals surface area contributed by atoms with Crippen molar-refractivity contribution in [1.29, 1.82) is 0 Å². The predicted molar refractivity (Wildman–Crippen MR) is 97.8 cm³/mol. The van der Waals surface area contributed by atoms with Crippen molar-refractivity contribution in [2.75, 3.05) is 13.7 Å². The molecule has 0 saturated carbocycles. The van der Waals surface area contributed by atoms with Gasteiger partial charge in [-0.25, -0.2) is 4.68 Å². The maximum absolute atomic E-state index is 12.7. The van der Waals surface area contributed by atoms with E-state index in [2.05, 4.69) is 10.1 Å². The number of hydrogen-bond acceptors (Lipinski definition) is 4. The topological polar surface area (TPSA) is 68.6 Å². The average molecular weight is 337 g/mol. The first kappa shape index (κ1) is 16.6. The molecule has 1 N–H and O–H groups in total. The highest BCUT2D eigenvalue weighted by molar-refractivity contribution is 5.84. The lowest BCUT2D eigenvalue weighted by atomic mass is 10.3. The minimum Gasteiger partial charge on any atom is -0.497 e. The average Bonchev–Trinajstić information content (AvgIpc) is 2.97. The molecule has 0 aliphatic carbocycles. The highest BCUT2D eigenvalue weighted by Crippen LogP contribution is 2.19. The van der Waals surface area contributed by atoms with E-state index in [1.165, 1.54) is 10.9 Å². The molecule has 1 heterocycles. The molecule has 0 fully saturated rings. The van der Waals surface area contributed by atoms with E-state index >= 15 is 0 Å². The largest absolute Gasteiger partial charge is 0.497 e. The summed E-state index contributed by atoms with van der Waals surface area (Å²) >= 11 is 0. The van der Waals surface area contributed by atoms with Gasteiger partial charge in [0.25, 0.3) is 5.56 Å². The maximum Gasteiger partial charge on any atom is 0.284 e. The van der Waals surface area contributed by atoms with Crippen LogP contribution in [0, 0.1) is 0 Å². The number of benzene rings is 2. The SMILES string of the molecule is CCOc1[nH]n(-c2ccccc2)c(=O)c1C=Nc1ccc(OC)cc1. The van der Waals surface area contributed by atoms with Crippen LogP contribution in [-0.4, -0.2) is 29.7 Å². The number of ether oxygens (including phenoxy) is 2. The van der Waals surface area contributed by atoms with E-state index in [-0.39, 0.29) is 5.56 Å². The summed E-state index contributed by atoms with van der Waals surface area (Å²) in [6.07, 6.45) is 1.52. The number of aromatic nitrogens is 2. The van der Waals surface area contributed by atoms with Gasteiger partial charge < -0.3 is 9.47 Å². The summed E-state index contributed by atoms with van der Waals surface area (Å²) in [4.78, 5) is 17.1. The second-order valence-corrected chi connectivity index (χ2v) is 5.22. The zero-order valence-electron chi connectivity index (χ0n) is 14.1. The minimum absolute atomic E-state index is 0.216. The summed E-state index contributed by atoms with van der Waals surface area (Å²) in [7, 11) is 1.61.